The van der Waals surface area contributed by atoms with Gasteiger partial charge in [0, 0.05) is 18.8 Å². The number of aromatic nitrogens is 2. The van der Waals surface area contributed by atoms with Gasteiger partial charge >= 0.3 is 0 Å². The molecule has 1 aliphatic heterocycles. The van der Waals surface area contributed by atoms with E-state index in [0.717, 1.165) is 11.3 Å². The molecule has 2 aromatic rings. The maximum Gasteiger partial charge on any atom is 0.221 e. The van der Waals surface area contributed by atoms with E-state index in [1.54, 1.807) is 4.68 Å². The normalized spacial score (nSPS) is 15.2. The van der Waals surface area contributed by atoms with Crippen LogP contribution in [0.2, 0.25) is 0 Å². The Hall–Kier alpha value is -2.30. The van der Waals surface area contributed by atoms with Crippen molar-refractivity contribution < 1.29 is 0 Å². The van der Waals surface area contributed by atoms with Crippen LogP contribution in [0.4, 0.5) is 11.6 Å². The first kappa shape index (κ1) is 13.7. The summed E-state index contributed by atoms with van der Waals surface area (Å²) >= 11 is 0. The van der Waals surface area contributed by atoms with E-state index in [4.69, 9.17) is 5.73 Å². The molecule has 0 saturated carbocycles. The lowest BCUT2D eigenvalue weighted by atomic mass is 10.1. The summed E-state index contributed by atoms with van der Waals surface area (Å²) in [5.74, 6) is 0.411. The molecule has 0 spiro atoms. The van der Waals surface area contributed by atoms with Gasteiger partial charge in [-0.15, -0.1) is 0 Å². The van der Waals surface area contributed by atoms with Crippen LogP contribution in [0.5, 0.6) is 0 Å². The van der Waals surface area contributed by atoms with Crippen LogP contribution >= 0.6 is 0 Å². The van der Waals surface area contributed by atoms with E-state index in [-0.39, 0.29) is 0 Å². The van der Waals surface area contributed by atoms with Crippen LogP contribution in [0, 0.1) is 13.8 Å². The Morgan fingerprint density at radius 1 is 1.24 bits per heavy atom. The Balaban J connectivity index is 1.80. The molecule has 0 aliphatic carbocycles. The summed E-state index contributed by atoms with van der Waals surface area (Å²) < 4.78 is 1.60. The molecule has 0 bridgehead atoms. The van der Waals surface area contributed by atoms with E-state index in [1.807, 2.05) is 19.3 Å². The molecule has 2 N–H and O–H groups in total. The highest BCUT2D eigenvalue weighted by Crippen LogP contribution is 2.24. The van der Waals surface area contributed by atoms with E-state index in [2.05, 4.69) is 40.1 Å². The lowest BCUT2D eigenvalue weighted by Gasteiger charge is -2.20. The van der Waals surface area contributed by atoms with Crippen molar-refractivity contribution in [1.29, 1.82) is 0 Å². The molecule has 3 rings (SSSR count). The number of nitrogen functional groups attached to an aromatic ring is 1. The standard InChI is InChI=1S/C16H21N5/c1-12-9-14(5-6-15(12)20-7-3-4-8-20)10-18-21-11-13(2)19-16(21)17/h5-6,9-11H,3-4,7-8H2,1-2H3,(H2,17,19). The average Bonchev–Trinajstić information content (AvgIpc) is 3.06. The van der Waals surface area contributed by atoms with Gasteiger partial charge in [0.1, 0.15) is 0 Å². The molecule has 1 aromatic carbocycles. The summed E-state index contributed by atoms with van der Waals surface area (Å²) in [5, 5.41) is 4.36. The first-order chi connectivity index (χ1) is 10.1. The van der Waals surface area contributed by atoms with E-state index < -0.39 is 0 Å². The fourth-order valence-corrected chi connectivity index (χ4v) is 2.80. The number of nitrogens with zero attached hydrogens (tertiary/aromatic N) is 4. The molecule has 2 heterocycles. The van der Waals surface area contributed by atoms with E-state index in [1.165, 1.54) is 37.2 Å². The summed E-state index contributed by atoms with van der Waals surface area (Å²) in [7, 11) is 0. The van der Waals surface area contributed by atoms with Crippen molar-refractivity contribution in [3.05, 3.63) is 41.2 Å². The van der Waals surface area contributed by atoms with Crippen LogP contribution in [-0.2, 0) is 0 Å². The SMILES string of the molecule is Cc1cn(N=Cc2ccc(N3CCCC3)c(C)c2)c(N)n1. The zero-order chi connectivity index (χ0) is 14.8. The molecule has 0 atom stereocenters. The number of aryl methyl sites for hydroxylation is 2. The first-order valence-corrected chi connectivity index (χ1v) is 7.35. The minimum Gasteiger partial charge on any atom is -0.371 e. The Morgan fingerprint density at radius 2 is 2.00 bits per heavy atom. The van der Waals surface area contributed by atoms with Gasteiger partial charge in [-0.2, -0.15) is 5.10 Å². The lowest BCUT2D eigenvalue weighted by molar-refractivity contribution is 0.897. The molecular formula is C16H21N5. The third kappa shape index (κ3) is 2.91. The van der Waals surface area contributed by atoms with Gasteiger partial charge in [0.05, 0.1) is 18.1 Å². The summed E-state index contributed by atoms with van der Waals surface area (Å²) in [5.41, 5.74) is 10.3. The van der Waals surface area contributed by atoms with Crippen molar-refractivity contribution in [1.82, 2.24) is 9.66 Å². The van der Waals surface area contributed by atoms with E-state index >= 15 is 0 Å². The lowest BCUT2D eigenvalue weighted by Crippen LogP contribution is -2.18. The van der Waals surface area contributed by atoms with Crippen molar-refractivity contribution in [3.63, 3.8) is 0 Å². The number of benzene rings is 1. The quantitative estimate of drug-likeness (QED) is 0.881. The number of hydrogen-bond acceptors (Lipinski definition) is 4. The molecule has 21 heavy (non-hydrogen) atoms. The van der Waals surface area contributed by atoms with Crippen LogP contribution in [0.15, 0.2) is 29.5 Å². The van der Waals surface area contributed by atoms with Crippen molar-refractivity contribution in [2.24, 2.45) is 5.10 Å². The summed E-state index contributed by atoms with van der Waals surface area (Å²) in [6.45, 7) is 6.39. The van der Waals surface area contributed by atoms with Crippen LogP contribution in [0.3, 0.4) is 0 Å². The average molecular weight is 283 g/mol. The van der Waals surface area contributed by atoms with Crippen molar-refractivity contribution in [3.8, 4) is 0 Å². The summed E-state index contributed by atoms with van der Waals surface area (Å²) in [6, 6.07) is 6.45. The molecule has 5 nitrogen and oxygen atoms in total. The molecule has 1 saturated heterocycles. The summed E-state index contributed by atoms with van der Waals surface area (Å²) in [6.07, 6.45) is 6.22. The van der Waals surface area contributed by atoms with Gasteiger partial charge < -0.3 is 10.6 Å². The highest BCUT2D eigenvalue weighted by molar-refractivity contribution is 5.81. The molecule has 0 unspecified atom stereocenters. The van der Waals surface area contributed by atoms with E-state index in [0.29, 0.717) is 5.95 Å². The van der Waals surface area contributed by atoms with Gasteiger partial charge in [0.25, 0.3) is 0 Å². The first-order valence-electron chi connectivity index (χ1n) is 7.35. The van der Waals surface area contributed by atoms with Crippen molar-refractivity contribution in [2.75, 3.05) is 23.7 Å². The zero-order valence-electron chi connectivity index (χ0n) is 12.6. The molecule has 1 fully saturated rings. The molecule has 110 valence electrons. The number of imidazole rings is 1. The van der Waals surface area contributed by atoms with E-state index in [9.17, 15) is 0 Å². The van der Waals surface area contributed by atoms with Gasteiger partial charge in [0.2, 0.25) is 5.95 Å². The number of hydrogen-bond donors (Lipinski definition) is 1. The number of nitrogens with two attached hydrogens (primary N) is 1. The van der Waals surface area contributed by atoms with Gasteiger partial charge in [-0.3, -0.25) is 0 Å². The Bertz CT molecular complexity index is 665. The monoisotopic (exact) mass is 283 g/mol. The highest BCUT2D eigenvalue weighted by atomic mass is 15.4. The maximum absolute atomic E-state index is 5.77. The minimum absolute atomic E-state index is 0.411. The Labute approximate surface area is 125 Å². The van der Waals surface area contributed by atoms with Crippen LogP contribution in [-0.4, -0.2) is 29.0 Å². The number of anilines is 2. The fraction of sp³-hybridized carbons (Fsp3) is 0.375. The second kappa shape index (κ2) is 5.60. The molecular weight excluding hydrogens is 262 g/mol. The zero-order valence-corrected chi connectivity index (χ0v) is 12.6. The maximum atomic E-state index is 5.77. The second-order valence-corrected chi connectivity index (χ2v) is 5.57. The molecule has 1 aromatic heterocycles. The molecule has 0 radical (unpaired) electrons. The van der Waals surface area contributed by atoms with Gasteiger partial charge in [-0.1, -0.05) is 6.07 Å². The van der Waals surface area contributed by atoms with Crippen molar-refractivity contribution in [2.45, 2.75) is 26.7 Å². The largest absolute Gasteiger partial charge is 0.371 e. The third-order valence-electron chi connectivity index (χ3n) is 3.83. The molecule has 1 aliphatic rings. The smallest absolute Gasteiger partial charge is 0.221 e. The third-order valence-corrected chi connectivity index (χ3v) is 3.83. The number of rotatable bonds is 3. The van der Waals surface area contributed by atoms with Crippen LogP contribution in [0.1, 0.15) is 29.7 Å². The summed E-state index contributed by atoms with van der Waals surface area (Å²) in [4.78, 5) is 6.58. The topological polar surface area (TPSA) is 59.4 Å². The highest BCUT2D eigenvalue weighted by Gasteiger charge is 2.13. The van der Waals surface area contributed by atoms with Crippen LogP contribution in [0.25, 0.3) is 0 Å². The Morgan fingerprint density at radius 3 is 2.62 bits per heavy atom. The Kier molecular flexibility index (Phi) is 3.64. The predicted molar refractivity (Wildman–Crippen MR) is 87.0 cm³/mol. The van der Waals surface area contributed by atoms with Gasteiger partial charge in [-0.05, 0) is 49.9 Å². The van der Waals surface area contributed by atoms with Gasteiger partial charge in [-0.25, -0.2) is 9.66 Å². The molecule has 0 amide bonds. The predicted octanol–water partition coefficient (Wildman–Crippen LogP) is 2.56. The van der Waals surface area contributed by atoms with Gasteiger partial charge in [0.15, 0.2) is 0 Å². The second-order valence-electron chi connectivity index (χ2n) is 5.57. The van der Waals surface area contributed by atoms with Crippen LogP contribution < -0.4 is 10.6 Å². The minimum atomic E-state index is 0.411. The molecule has 5 heteroatoms. The fourth-order valence-electron chi connectivity index (χ4n) is 2.80. The van der Waals surface area contributed by atoms with Crippen molar-refractivity contribution >= 4 is 17.9 Å².